The molecule has 6 nitrogen and oxygen atoms in total. The second-order valence-electron chi connectivity index (χ2n) is 2.28. The number of carbonyl (C=O) groups is 2. The van der Waals surface area contributed by atoms with Gasteiger partial charge < -0.3 is 20.7 Å². The smallest absolute Gasteiger partial charge is 0.550 e. The number of nitriles is 1. The summed E-state index contributed by atoms with van der Waals surface area (Å²) >= 11 is 0. The van der Waals surface area contributed by atoms with Gasteiger partial charge in [-0.2, -0.15) is 5.26 Å². The first-order chi connectivity index (χ1) is 5.42. The van der Waals surface area contributed by atoms with Crippen molar-refractivity contribution >= 4 is 11.9 Å². The van der Waals surface area contributed by atoms with Crippen molar-refractivity contribution < 1.29 is 71.2 Å². The molecular weight excluding hydrogens is 203 g/mol. The fraction of sp³-hybridized carbons (Fsp3) is 0.500. The number of aliphatic hydroxyl groups is 1. The van der Waals surface area contributed by atoms with Gasteiger partial charge in [0, 0.05) is 12.4 Å². The summed E-state index contributed by atoms with van der Waals surface area (Å²) in [6.07, 6.45) is -1.62. The number of carbonyl (C=O) groups excluding carboxylic acids is 2. The van der Waals surface area contributed by atoms with Crippen molar-refractivity contribution in [1.29, 1.82) is 5.26 Å². The molecule has 0 aliphatic rings. The van der Waals surface area contributed by atoms with Crippen molar-refractivity contribution in [2.24, 2.45) is 5.73 Å². The standard InChI is InChI=1S/C6H8N2O4.K/c7-2-1-6(12,5(8)11)3-4(9)10;/h12H,1,3H2,(H2,8,11)(H,9,10);/q;+1/p-1. The van der Waals surface area contributed by atoms with Crippen LogP contribution in [-0.4, -0.2) is 22.6 Å². The first-order valence-electron chi connectivity index (χ1n) is 3.01. The molecule has 0 fully saturated rings. The molecule has 13 heavy (non-hydrogen) atoms. The number of hydrogen-bond acceptors (Lipinski definition) is 5. The average Bonchev–Trinajstić information content (AvgIpc) is 1.85. The zero-order valence-corrected chi connectivity index (χ0v) is 10.2. The van der Waals surface area contributed by atoms with Gasteiger partial charge in [0.2, 0.25) is 0 Å². The van der Waals surface area contributed by atoms with Crippen LogP contribution in [0.3, 0.4) is 0 Å². The summed E-state index contributed by atoms with van der Waals surface area (Å²) in [4.78, 5) is 20.5. The molecular formula is C6H7KN2O4. The number of primary amides is 1. The Labute approximate surface area is 117 Å². The molecule has 0 heterocycles. The minimum atomic E-state index is -2.31. The molecule has 1 unspecified atom stereocenters. The summed E-state index contributed by atoms with van der Waals surface area (Å²) in [5.74, 6) is -2.88. The van der Waals surface area contributed by atoms with Gasteiger partial charge in [-0.3, -0.25) is 4.79 Å². The molecule has 0 aliphatic carbocycles. The maximum absolute atomic E-state index is 10.5. The van der Waals surface area contributed by atoms with E-state index in [1.807, 2.05) is 0 Å². The second kappa shape index (κ2) is 6.48. The third kappa shape index (κ3) is 5.35. The molecule has 0 saturated heterocycles. The van der Waals surface area contributed by atoms with E-state index in [9.17, 15) is 14.7 Å². The van der Waals surface area contributed by atoms with E-state index in [0.717, 1.165) is 0 Å². The largest absolute Gasteiger partial charge is 1.00 e. The fourth-order valence-corrected chi connectivity index (χ4v) is 0.606. The van der Waals surface area contributed by atoms with Crippen LogP contribution in [0.15, 0.2) is 0 Å². The monoisotopic (exact) mass is 210 g/mol. The van der Waals surface area contributed by atoms with Gasteiger partial charge in [-0.15, -0.1) is 0 Å². The van der Waals surface area contributed by atoms with E-state index in [1.54, 1.807) is 0 Å². The fourth-order valence-electron chi connectivity index (χ4n) is 0.606. The van der Waals surface area contributed by atoms with Crippen molar-refractivity contribution in [3.05, 3.63) is 0 Å². The predicted octanol–water partition coefficient (Wildman–Crippen LogP) is -5.74. The molecule has 0 rings (SSSR count). The van der Waals surface area contributed by atoms with Gasteiger partial charge in [-0.05, 0) is 0 Å². The number of aliphatic carboxylic acids is 1. The minimum absolute atomic E-state index is 0. The number of amides is 1. The van der Waals surface area contributed by atoms with E-state index < -0.39 is 30.3 Å². The zero-order valence-electron chi connectivity index (χ0n) is 7.11. The van der Waals surface area contributed by atoms with Gasteiger partial charge in [-0.1, -0.05) is 0 Å². The normalized spacial score (nSPS) is 13.2. The van der Waals surface area contributed by atoms with Crippen LogP contribution in [-0.2, 0) is 9.59 Å². The Bertz CT molecular complexity index is 250. The Morgan fingerprint density at radius 1 is 1.62 bits per heavy atom. The van der Waals surface area contributed by atoms with Gasteiger partial charge in [0.25, 0.3) is 5.91 Å². The van der Waals surface area contributed by atoms with E-state index in [1.165, 1.54) is 6.07 Å². The van der Waals surface area contributed by atoms with Crippen molar-refractivity contribution in [3.63, 3.8) is 0 Å². The number of nitrogens with two attached hydrogens (primary N) is 1. The molecule has 0 saturated carbocycles. The maximum atomic E-state index is 10.5. The van der Waals surface area contributed by atoms with E-state index in [2.05, 4.69) is 5.73 Å². The number of rotatable bonds is 4. The van der Waals surface area contributed by atoms with Crippen LogP contribution in [0.5, 0.6) is 0 Å². The van der Waals surface area contributed by atoms with E-state index in [0.29, 0.717) is 0 Å². The topological polar surface area (TPSA) is 127 Å². The van der Waals surface area contributed by atoms with Crippen molar-refractivity contribution in [2.45, 2.75) is 18.4 Å². The molecule has 66 valence electrons. The predicted molar refractivity (Wildman–Crippen MR) is 34.0 cm³/mol. The van der Waals surface area contributed by atoms with Crippen LogP contribution in [0, 0.1) is 11.3 Å². The summed E-state index contributed by atoms with van der Waals surface area (Å²) in [5.41, 5.74) is 2.36. The third-order valence-electron chi connectivity index (χ3n) is 1.27. The van der Waals surface area contributed by atoms with Crippen LogP contribution in [0.25, 0.3) is 0 Å². The molecule has 0 aliphatic heterocycles. The molecule has 1 amide bonds. The molecule has 0 aromatic carbocycles. The zero-order chi connectivity index (χ0) is 9.78. The molecule has 0 bridgehead atoms. The SMILES string of the molecule is N#CCC(O)(CC(=O)[O-])C(N)=O.[K+]. The molecule has 3 N–H and O–H groups in total. The Kier molecular flexibility index (Phi) is 7.72. The maximum Gasteiger partial charge on any atom is 1.00 e. The molecule has 0 spiro atoms. The Hall–Kier alpha value is 0.0264. The van der Waals surface area contributed by atoms with Crippen LogP contribution in [0.1, 0.15) is 12.8 Å². The van der Waals surface area contributed by atoms with Gasteiger partial charge in [0.15, 0.2) is 5.60 Å². The Balaban J connectivity index is 0. The van der Waals surface area contributed by atoms with Crippen molar-refractivity contribution in [1.82, 2.24) is 0 Å². The Morgan fingerprint density at radius 3 is 2.31 bits per heavy atom. The molecule has 1 atom stereocenters. The summed E-state index contributed by atoms with van der Waals surface area (Å²) in [6, 6.07) is 1.45. The molecule has 0 radical (unpaired) electrons. The van der Waals surface area contributed by atoms with Crippen molar-refractivity contribution in [2.75, 3.05) is 0 Å². The van der Waals surface area contributed by atoms with Crippen LogP contribution < -0.4 is 62.2 Å². The molecule has 7 heteroatoms. The first-order valence-corrected chi connectivity index (χ1v) is 3.01. The number of nitrogens with zero attached hydrogens (tertiary/aromatic N) is 1. The van der Waals surface area contributed by atoms with Crippen LogP contribution in [0.4, 0.5) is 0 Å². The average molecular weight is 210 g/mol. The minimum Gasteiger partial charge on any atom is -0.550 e. The van der Waals surface area contributed by atoms with Crippen molar-refractivity contribution in [3.8, 4) is 6.07 Å². The molecule has 0 aromatic rings. The van der Waals surface area contributed by atoms with Gasteiger partial charge in [0.05, 0.1) is 12.5 Å². The van der Waals surface area contributed by atoms with Crippen LogP contribution in [0.2, 0.25) is 0 Å². The number of carboxylic acids is 1. The van der Waals surface area contributed by atoms with E-state index in [-0.39, 0.29) is 51.4 Å². The first kappa shape index (κ1) is 15.5. The third-order valence-corrected chi connectivity index (χ3v) is 1.27. The number of hydrogen-bond donors (Lipinski definition) is 2. The number of carboxylic acid groups (broad SMARTS) is 1. The van der Waals surface area contributed by atoms with Gasteiger partial charge in [0.1, 0.15) is 0 Å². The van der Waals surface area contributed by atoms with Gasteiger partial charge in [-0.25, -0.2) is 0 Å². The summed E-state index contributed by atoms with van der Waals surface area (Å²) < 4.78 is 0. The quantitative estimate of drug-likeness (QED) is 0.447. The second-order valence-corrected chi connectivity index (χ2v) is 2.28. The molecule has 0 aromatic heterocycles. The summed E-state index contributed by atoms with van der Waals surface area (Å²) in [7, 11) is 0. The summed E-state index contributed by atoms with van der Waals surface area (Å²) in [6.45, 7) is 0. The van der Waals surface area contributed by atoms with E-state index >= 15 is 0 Å². The van der Waals surface area contributed by atoms with Gasteiger partial charge >= 0.3 is 51.4 Å². The van der Waals surface area contributed by atoms with E-state index in [4.69, 9.17) is 10.4 Å². The summed E-state index contributed by atoms with van der Waals surface area (Å²) in [5, 5.41) is 27.3. The van der Waals surface area contributed by atoms with Crippen LogP contribution >= 0.6 is 0 Å². The Morgan fingerprint density at radius 2 is 2.08 bits per heavy atom.